The maximum atomic E-state index is 12.0. The SMILES string of the molecule is CSC1(CNC(=O)c2n[nH]c(C(C)(C)C)n2)CCC1. The lowest BCUT2D eigenvalue weighted by Gasteiger charge is -2.40. The number of nitrogens with zero attached hydrogens (tertiary/aromatic N) is 2. The lowest BCUT2D eigenvalue weighted by molar-refractivity contribution is 0.0934. The van der Waals surface area contributed by atoms with Gasteiger partial charge in [-0.05, 0) is 19.1 Å². The normalized spacial score (nSPS) is 17.9. The number of aromatic amines is 1. The highest BCUT2D eigenvalue weighted by Crippen LogP contribution is 2.42. The van der Waals surface area contributed by atoms with E-state index < -0.39 is 0 Å². The van der Waals surface area contributed by atoms with Gasteiger partial charge in [-0.3, -0.25) is 9.89 Å². The molecule has 2 rings (SSSR count). The van der Waals surface area contributed by atoms with Gasteiger partial charge in [-0.25, -0.2) is 4.98 Å². The van der Waals surface area contributed by atoms with Crippen LogP contribution in [0.4, 0.5) is 0 Å². The van der Waals surface area contributed by atoms with E-state index in [0.717, 1.165) is 5.82 Å². The first-order valence-corrected chi connectivity index (χ1v) is 7.85. The Morgan fingerprint density at radius 2 is 2.16 bits per heavy atom. The number of aromatic nitrogens is 3. The molecule has 0 aliphatic heterocycles. The first-order valence-electron chi connectivity index (χ1n) is 6.63. The largest absolute Gasteiger partial charge is 0.348 e. The number of thioether (sulfide) groups is 1. The van der Waals surface area contributed by atoms with Gasteiger partial charge in [0.25, 0.3) is 5.91 Å². The van der Waals surface area contributed by atoms with Crippen LogP contribution >= 0.6 is 11.8 Å². The van der Waals surface area contributed by atoms with Gasteiger partial charge in [0.1, 0.15) is 5.82 Å². The maximum absolute atomic E-state index is 12.0. The Balaban J connectivity index is 1.95. The number of carbonyl (C=O) groups is 1. The first kappa shape index (κ1) is 14.4. The molecule has 1 aliphatic rings. The molecule has 0 unspecified atom stereocenters. The summed E-state index contributed by atoms with van der Waals surface area (Å²) >= 11 is 1.84. The first-order chi connectivity index (χ1) is 8.86. The molecule has 1 saturated carbocycles. The van der Waals surface area contributed by atoms with Crippen molar-refractivity contribution in [2.24, 2.45) is 0 Å². The van der Waals surface area contributed by atoms with Crippen LogP contribution in [0.15, 0.2) is 0 Å². The minimum atomic E-state index is -0.188. The highest BCUT2D eigenvalue weighted by atomic mass is 32.2. The summed E-state index contributed by atoms with van der Waals surface area (Å²) in [5, 5.41) is 9.79. The van der Waals surface area contributed by atoms with E-state index in [2.05, 4.69) is 26.8 Å². The maximum Gasteiger partial charge on any atom is 0.291 e. The van der Waals surface area contributed by atoms with Crippen molar-refractivity contribution in [2.45, 2.75) is 50.2 Å². The second kappa shape index (κ2) is 5.15. The van der Waals surface area contributed by atoms with Gasteiger partial charge in [0.2, 0.25) is 5.82 Å². The van der Waals surface area contributed by atoms with Crippen LogP contribution in [0.5, 0.6) is 0 Å². The third-order valence-electron chi connectivity index (χ3n) is 3.67. The lowest BCUT2D eigenvalue weighted by Crippen LogP contribution is -2.45. The molecule has 1 aromatic heterocycles. The van der Waals surface area contributed by atoms with Gasteiger partial charge in [-0.2, -0.15) is 11.8 Å². The van der Waals surface area contributed by atoms with Gasteiger partial charge in [0, 0.05) is 16.7 Å². The molecule has 0 radical (unpaired) electrons. The highest BCUT2D eigenvalue weighted by Gasteiger charge is 2.36. The van der Waals surface area contributed by atoms with Gasteiger partial charge in [-0.1, -0.05) is 27.2 Å². The van der Waals surface area contributed by atoms with Crippen LogP contribution in [0.1, 0.15) is 56.5 Å². The second-order valence-corrected chi connectivity index (χ2v) is 7.46. The molecule has 0 saturated heterocycles. The van der Waals surface area contributed by atoms with E-state index in [0.29, 0.717) is 6.54 Å². The topological polar surface area (TPSA) is 70.7 Å². The van der Waals surface area contributed by atoms with Crippen LogP contribution in [0.3, 0.4) is 0 Å². The summed E-state index contributed by atoms with van der Waals surface area (Å²) in [5.41, 5.74) is -0.125. The predicted octanol–water partition coefficient (Wildman–Crippen LogP) is 2.12. The Hall–Kier alpha value is -1.04. The lowest BCUT2D eigenvalue weighted by atomic mass is 9.84. The zero-order chi connectivity index (χ0) is 14.1. The van der Waals surface area contributed by atoms with E-state index in [9.17, 15) is 4.79 Å². The molecule has 1 aromatic rings. The quantitative estimate of drug-likeness (QED) is 0.887. The fraction of sp³-hybridized carbons (Fsp3) is 0.769. The molecule has 19 heavy (non-hydrogen) atoms. The van der Waals surface area contributed by atoms with Crippen molar-refractivity contribution in [3.63, 3.8) is 0 Å². The van der Waals surface area contributed by atoms with Crippen molar-refractivity contribution in [1.29, 1.82) is 0 Å². The third-order valence-corrected chi connectivity index (χ3v) is 5.09. The number of hydrogen-bond donors (Lipinski definition) is 2. The van der Waals surface area contributed by atoms with Gasteiger partial charge >= 0.3 is 0 Å². The molecule has 1 heterocycles. The highest BCUT2D eigenvalue weighted by molar-refractivity contribution is 8.00. The fourth-order valence-corrected chi connectivity index (χ4v) is 2.96. The summed E-state index contributed by atoms with van der Waals surface area (Å²) in [7, 11) is 0. The molecule has 0 atom stereocenters. The van der Waals surface area contributed by atoms with Crippen LogP contribution in [-0.2, 0) is 5.41 Å². The summed E-state index contributed by atoms with van der Waals surface area (Å²) in [5.74, 6) is 0.786. The van der Waals surface area contributed by atoms with E-state index in [1.807, 2.05) is 32.5 Å². The smallest absolute Gasteiger partial charge is 0.291 e. The minimum Gasteiger partial charge on any atom is -0.348 e. The monoisotopic (exact) mass is 282 g/mol. The zero-order valence-corrected chi connectivity index (χ0v) is 12.9. The molecular formula is C13H22N4OS. The summed E-state index contributed by atoms with van der Waals surface area (Å²) in [6.07, 6.45) is 5.72. The van der Waals surface area contributed by atoms with Crippen LogP contribution < -0.4 is 5.32 Å². The molecule has 0 aromatic carbocycles. The van der Waals surface area contributed by atoms with E-state index in [1.54, 1.807) is 0 Å². The van der Waals surface area contributed by atoms with Gasteiger partial charge in [0.15, 0.2) is 0 Å². The van der Waals surface area contributed by atoms with Crippen molar-refractivity contribution in [2.75, 3.05) is 12.8 Å². The average molecular weight is 282 g/mol. The second-order valence-electron chi connectivity index (χ2n) is 6.18. The molecule has 6 heteroatoms. The van der Waals surface area contributed by atoms with E-state index in [1.165, 1.54) is 19.3 Å². The van der Waals surface area contributed by atoms with E-state index >= 15 is 0 Å². The molecule has 1 fully saturated rings. The Morgan fingerprint density at radius 3 is 2.58 bits per heavy atom. The van der Waals surface area contributed by atoms with E-state index in [4.69, 9.17) is 0 Å². The summed E-state index contributed by atoms with van der Waals surface area (Å²) in [6, 6.07) is 0. The number of rotatable bonds is 4. The summed E-state index contributed by atoms with van der Waals surface area (Å²) in [6.45, 7) is 6.80. The Morgan fingerprint density at radius 1 is 1.47 bits per heavy atom. The number of carbonyl (C=O) groups excluding carboxylic acids is 1. The summed E-state index contributed by atoms with van der Waals surface area (Å²) < 4.78 is 0.235. The third kappa shape index (κ3) is 3.11. The Kier molecular flexibility index (Phi) is 3.90. The van der Waals surface area contributed by atoms with Crippen LogP contribution in [0.2, 0.25) is 0 Å². The van der Waals surface area contributed by atoms with Gasteiger partial charge in [0.05, 0.1) is 0 Å². The van der Waals surface area contributed by atoms with E-state index in [-0.39, 0.29) is 21.9 Å². The van der Waals surface area contributed by atoms with Crippen molar-refractivity contribution < 1.29 is 4.79 Å². The van der Waals surface area contributed by atoms with Gasteiger partial charge < -0.3 is 5.32 Å². The van der Waals surface area contributed by atoms with Gasteiger partial charge in [-0.15, -0.1) is 5.10 Å². The van der Waals surface area contributed by atoms with Crippen LogP contribution in [0.25, 0.3) is 0 Å². The van der Waals surface area contributed by atoms with Crippen molar-refractivity contribution in [3.8, 4) is 0 Å². The van der Waals surface area contributed by atoms with Crippen LogP contribution in [-0.4, -0.2) is 38.6 Å². The molecule has 0 bridgehead atoms. The minimum absolute atomic E-state index is 0.125. The number of H-pyrrole nitrogens is 1. The van der Waals surface area contributed by atoms with Crippen molar-refractivity contribution in [1.82, 2.24) is 20.5 Å². The predicted molar refractivity (Wildman–Crippen MR) is 77.5 cm³/mol. The standard InChI is InChI=1S/C13H22N4OS/c1-12(2,3)11-15-9(16-17-11)10(18)14-8-13(19-4)6-5-7-13/h5-8H2,1-4H3,(H,14,18)(H,15,16,17). The molecule has 5 nitrogen and oxygen atoms in total. The zero-order valence-electron chi connectivity index (χ0n) is 12.0. The molecule has 1 amide bonds. The van der Waals surface area contributed by atoms with Crippen LogP contribution in [0, 0.1) is 0 Å². The fourth-order valence-electron chi connectivity index (χ4n) is 2.04. The Bertz CT molecular complexity index is 454. The molecule has 2 N–H and O–H groups in total. The molecule has 0 spiro atoms. The Labute approximate surface area is 118 Å². The molecular weight excluding hydrogens is 260 g/mol. The van der Waals surface area contributed by atoms with Crippen molar-refractivity contribution >= 4 is 17.7 Å². The number of nitrogens with one attached hydrogen (secondary N) is 2. The summed E-state index contributed by atoms with van der Waals surface area (Å²) in [4.78, 5) is 16.3. The molecule has 106 valence electrons. The van der Waals surface area contributed by atoms with Crippen molar-refractivity contribution in [3.05, 3.63) is 11.6 Å². The number of hydrogen-bond acceptors (Lipinski definition) is 4. The average Bonchev–Trinajstić information content (AvgIpc) is 2.76. The number of amides is 1. The molecule has 1 aliphatic carbocycles.